The van der Waals surface area contributed by atoms with E-state index >= 15 is 0 Å². The van der Waals surface area contributed by atoms with Crippen molar-refractivity contribution in [2.75, 3.05) is 5.32 Å². The van der Waals surface area contributed by atoms with E-state index in [0.29, 0.717) is 21.4 Å². The third-order valence-corrected chi connectivity index (χ3v) is 3.77. The molecule has 0 radical (unpaired) electrons. The lowest BCUT2D eigenvalue weighted by atomic mass is 10.1. The molecule has 0 fully saturated rings. The Labute approximate surface area is 123 Å². The first-order valence-electron chi connectivity index (χ1n) is 5.58. The summed E-state index contributed by atoms with van der Waals surface area (Å²) in [6.07, 6.45) is 0. The van der Waals surface area contributed by atoms with Gasteiger partial charge in [-0.3, -0.25) is 0 Å². The van der Waals surface area contributed by atoms with Crippen LogP contribution in [0.3, 0.4) is 0 Å². The second-order valence-electron chi connectivity index (χ2n) is 3.92. The summed E-state index contributed by atoms with van der Waals surface area (Å²) in [4.78, 5) is 11.1. The minimum absolute atomic E-state index is 0.251. The molecule has 0 aliphatic rings. The van der Waals surface area contributed by atoms with Crippen LogP contribution in [0.25, 0.3) is 0 Å². The van der Waals surface area contributed by atoms with Crippen LogP contribution in [0.1, 0.15) is 15.9 Å². The fourth-order valence-corrected chi connectivity index (χ4v) is 2.26. The Morgan fingerprint density at radius 2 is 1.95 bits per heavy atom. The molecule has 0 aromatic heterocycles. The first kappa shape index (κ1) is 13.8. The van der Waals surface area contributed by atoms with E-state index in [1.165, 1.54) is 6.07 Å². The molecule has 2 rings (SSSR count). The van der Waals surface area contributed by atoms with Gasteiger partial charge >= 0.3 is 5.97 Å². The Morgan fingerprint density at radius 3 is 2.68 bits per heavy atom. The standard InChI is InChI=1S/C14H11FINO2/c15-11-6-3-7-12(13(11)16)17-8-9-4-1-2-5-10(9)14(18)19/h1-7,17H,8H2,(H,18,19). The monoisotopic (exact) mass is 371 g/mol. The quantitative estimate of drug-likeness (QED) is 0.806. The highest BCUT2D eigenvalue weighted by Gasteiger charge is 2.10. The maximum absolute atomic E-state index is 13.4. The number of aromatic carboxylic acids is 1. The molecular formula is C14H11FINO2. The van der Waals surface area contributed by atoms with Crippen LogP contribution >= 0.6 is 22.6 Å². The number of halogens is 2. The zero-order valence-electron chi connectivity index (χ0n) is 9.86. The lowest BCUT2D eigenvalue weighted by Gasteiger charge is -2.10. The highest BCUT2D eigenvalue weighted by Crippen LogP contribution is 2.22. The molecule has 2 aromatic rings. The molecule has 0 heterocycles. The molecule has 0 spiro atoms. The summed E-state index contributed by atoms with van der Waals surface area (Å²) in [5, 5.41) is 12.1. The van der Waals surface area contributed by atoms with E-state index in [1.807, 2.05) is 22.6 Å². The molecule has 0 unspecified atom stereocenters. The lowest BCUT2D eigenvalue weighted by molar-refractivity contribution is 0.0696. The van der Waals surface area contributed by atoms with E-state index in [9.17, 15) is 9.18 Å². The van der Waals surface area contributed by atoms with Gasteiger partial charge in [-0.1, -0.05) is 24.3 Å². The summed E-state index contributed by atoms with van der Waals surface area (Å²) in [5.41, 5.74) is 1.57. The van der Waals surface area contributed by atoms with Crippen molar-refractivity contribution in [1.29, 1.82) is 0 Å². The van der Waals surface area contributed by atoms with Crippen LogP contribution in [-0.2, 0) is 6.54 Å². The van der Waals surface area contributed by atoms with E-state index in [2.05, 4.69) is 5.32 Å². The van der Waals surface area contributed by atoms with Gasteiger partial charge in [0.2, 0.25) is 0 Å². The van der Waals surface area contributed by atoms with Crippen molar-refractivity contribution in [3.8, 4) is 0 Å². The molecule has 0 amide bonds. The molecule has 0 atom stereocenters. The zero-order valence-corrected chi connectivity index (χ0v) is 12.0. The number of hydrogen-bond donors (Lipinski definition) is 2. The summed E-state index contributed by atoms with van der Waals surface area (Å²) in [6.45, 7) is 0.335. The Kier molecular flexibility index (Phi) is 4.36. The maximum Gasteiger partial charge on any atom is 0.336 e. The molecule has 2 aromatic carbocycles. The minimum atomic E-state index is -0.966. The molecule has 0 saturated carbocycles. The summed E-state index contributed by atoms with van der Waals surface area (Å²) < 4.78 is 13.9. The second kappa shape index (κ2) is 6.01. The van der Waals surface area contributed by atoms with E-state index < -0.39 is 5.97 Å². The van der Waals surface area contributed by atoms with E-state index in [0.717, 1.165) is 0 Å². The second-order valence-corrected chi connectivity index (χ2v) is 5.00. The molecule has 19 heavy (non-hydrogen) atoms. The van der Waals surface area contributed by atoms with Crippen LogP contribution in [0.5, 0.6) is 0 Å². The van der Waals surface area contributed by atoms with Crippen molar-refractivity contribution in [2.24, 2.45) is 0 Å². The van der Waals surface area contributed by atoms with Gasteiger partial charge in [0.15, 0.2) is 0 Å². The Morgan fingerprint density at radius 1 is 1.21 bits per heavy atom. The number of nitrogens with one attached hydrogen (secondary N) is 1. The highest BCUT2D eigenvalue weighted by molar-refractivity contribution is 14.1. The SMILES string of the molecule is O=C(O)c1ccccc1CNc1cccc(F)c1I. The van der Waals surface area contributed by atoms with Gasteiger partial charge in [-0.2, -0.15) is 0 Å². The average molecular weight is 371 g/mol. The fraction of sp³-hybridized carbons (Fsp3) is 0.0714. The normalized spacial score (nSPS) is 10.2. The minimum Gasteiger partial charge on any atom is -0.478 e. The van der Waals surface area contributed by atoms with Gasteiger partial charge < -0.3 is 10.4 Å². The smallest absolute Gasteiger partial charge is 0.336 e. The number of benzene rings is 2. The van der Waals surface area contributed by atoms with Crippen LogP contribution in [0.2, 0.25) is 0 Å². The lowest BCUT2D eigenvalue weighted by Crippen LogP contribution is -2.08. The van der Waals surface area contributed by atoms with Crippen molar-refractivity contribution >= 4 is 34.2 Å². The Balaban J connectivity index is 2.19. The van der Waals surface area contributed by atoms with Crippen LogP contribution < -0.4 is 5.32 Å². The Hall–Kier alpha value is -1.63. The van der Waals surface area contributed by atoms with Gasteiger partial charge in [0.25, 0.3) is 0 Å². The highest BCUT2D eigenvalue weighted by atomic mass is 127. The molecule has 0 bridgehead atoms. The van der Waals surface area contributed by atoms with Crippen molar-refractivity contribution in [3.05, 3.63) is 63.0 Å². The molecule has 0 aliphatic heterocycles. The fourth-order valence-electron chi connectivity index (χ4n) is 1.71. The number of rotatable bonds is 4. The van der Waals surface area contributed by atoms with E-state index in [1.54, 1.807) is 36.4 Å². The van der Waals surface area contributed by atoms with Crippen LogP contribution in [0, 0.1) is 9.39 Å². The van der Waals surface area contributed by atoms with E-state index in [-0.39, 0.29) is 11.4 Å². The molecule has 0 aliphatic carbocycles. The van der Waals surface area contributed by atoms with Gasteiger partial charge in [0.1, 0.15) is 5.82 Å². The van der Waals surface area contributed by atoms with Crippen LogP contribution in [0.15, 0.2) is 42.5 Å². The summed E-state index contributed by atoms with van der Waals surface area (Å²) in [6, 6.07) is 11.5. The van der Waals surface area contributed by atoms with Gasteiger partial charge in [0, 0.05) is 6.54 Å². The predicted molar refractivity (Wildman–Crippen MR) is 79.8 cm³/mol. The van der Waals surface area contributed by atoms with Crippen LogP contribution in [-0.4, -0.2) is 11.1 Å². The molecular weight excluding hydrogens is 360 g/mol. The predicted octanol–water partition coefficient (Wildman–Crippen LogP) is 3.74. The average Bonchev–Trinajstić information content (AvgIpc) is 2.40. The van der Waals surface area contributed by atoms with Gasteiger partial charge in [0.05, 0.1) is 14.8 Å². The first-order valence-corrected chi connectivity index (χ1v) is 6.66. The third-order valence-electron chi connectivity index (χ3n) is 2.67. The number of hydrogen-bond acceptors (Lipinski definition) is 2. The summed E-state index contributed by atoms with van der Waals surface area (Å²) in [5.74, 6) is -1.26. The van der Waals surface area contributed by atoms with Crippen molar-refractivity contribution in [2.45, 2.75) is 6.54 Å². The molecule has 0 saturated heterocycles. The largest absolute Gasteiger partial charge is 0.478 e. The molecule has 2 N–H and O–H groups in total. The van der Waals surface area contributed by atoms with Gasteiger partial charge in [-0.25, -0.2) is 9.18 Å². The van der Waals surface area contributed by atoms with Crippen molar-refractivity contribution in [3.63, 3.8) is 0 Å². The number of anilines is 1. The maximum atomic E-state index is 13.4. The number of carboxylic acid groups (broad SMARTS) is 1. The number of carboxylic acids is 1. The van der Waals surface area contributed by atoms with Gasteiger partial charge in [-0.15, -0.1) is 0 Å². The van der Waals surface area contributed by atoms with Gasteiger partial charge in [-0.05, 0) is 46.4 Å². The molecule has 5 heteroatoms. The third kappa shape index (κ3) is 3.23. The molecule has 98 valence electrons. The van der Waals surface area contributed by atoms with Crippen LogP contribution in [0.4, 0.5) is 10.1 Å². The number of carbonyl (C=O) groups is 1. The summed E-state index contributed by atoms with van der Waals surface area (Å²) >= 11 is 1.92. The van der Waals surface area contributed by atoms with Crippen molar-refractivity contribution in [1.82, 2.24) is 0 Å². The molecule has 3 nitrogen and oxygen atoms in total. The van der Waals surface area contributed by atoms with E-state index in [4.69, 9.17) is 5.11 Å². The topological polar surface area (TPSA) is 49.3 Å². The zero-order chi connectivity index (χ0) is 13.8. The van der Waals surface area contributed by atoms with Crippen molar-refractivity contribution < 1.29 is 14.3 Å². The first-order chi connectivity index (χ1) is 9.09. The Bertz CT molecular complexity index is 616. The summed E-state index contributed by atoms with van der Waals surface area (Å²) in [7, 11) is 0.